The second-order valence-electron chi connectivity index (χ2n) is 18.8. The van der Waals surface area contributed by atoms with Crippen LogP contribution in [0.4, 0.5) is 28.4 Å². The Kier molecular flexibility index (Phi) is 9.11. The molecule has 2 aromatic heterocycles. The molecule has 3 aliphatic rings. The third-order valence-corrected chi connectivity index (χ3v) is 14.5. The van der Waals surface area contributed by atoms with Crippen LogP contribution in [0.15, 0.2) is 229 Å². The van der Waals surface area contributed by atoms with Gasteiger partial charge in [0.05, 0.1) is 6.04 Å². The van der Waals surface area contributed by atoms with Crippen LogP contribution >= 0.6 is 0 Å². The van der Waals surface area contributed by atoms with Gasteiger partial charge in [-0.1, -0.05) is 141 Å². The summed E-state index contributed by atoms with van der Waals surface area (Å²) < 4.78 is 8.90. The monoisotopic (exact) mass is 863 g/mol. The van der Waals surface area contributed by atoms with E-state index in [1.54, 1.807) is 0 Å². The highest BCUT2D eigenvalue weighted by Gasteiger charge is 2.36. The molecule has 0 spiro atoms. The van der Waals surface area contributed by atoms with Gasteiger partial charge in [0.15, 0.2) is 0 Å². The molecule has 0 N–H and O–H groups in total. The van der Waals surface area contributed by atoms with E-state index in [1.165, 1.54) is 55.3 Å². The fraction of sp³-hybridized carbons (Fsp3) is 0.111. The van der Waals surface area contributed by atoms with Gasteiger partial charge >= 0.3 is 0 Å². The maximum Gasteiger partial charge on any atom is 0.135 e. The van der Waals surface area contributed by atoms with Crippen molar-refractivity contribution in [1.29, 1.82) is 0 Å². The van der Waals surface area contributed by atoms with Crippen LogP contribution in [0.1, 0.15) is 50.3 Å². The Morgan fingerprint density at radius 3 is 2.07 bits per heavy atom. The Labute approximate surface area is 391 Å². The highest BCUT2D eigenvalue weighted by molar-refractivity contribution is 6.10. The number of hydrogen-bond donors (Lipinski definition) is 0. The summed E-state index contributed by atoms with van der Waals surface area (Å²) in [5, 5.41) is 4.74. The molecule has 0 fully saturated rings. The van der Waals surface area contributed by atoms with Gasteiger partial charge in [-0.05, 0) is 144 Å². The third-order valence-electron chi connectivity index (χ3n) is 14.5. The van der Waals surface area contributed by atoms with Gasteiger partial charge in [0, 0.05) is 72.1 Å². The molecule has 0 radical (unpaired) electrons. The number of rotatable bonds is 8. The van der Waals surface area contributed by atoms with Gasteiger partial charge in [0.2, 0.25) is 0 Å². The topological polar surface area (TPSA) is 24.6 Å². The van der Waals surface area contributed by atoms with Crippen LogP contribution in [0.3, 0.4) is 0 Å². The van der Waals surface area contributed by atoms with Crippen molar-refractivity contribution in [1.82, 2.24) is 4.57 Å². The van der Waals surface area contributed by atoms with E-state index in [2.05, 4.69) is 241 Å². The van der Waals surface area contributed by atoms with E-state index in [9.17, 15) is 0 Å². The molecule has 4 nitrogen and oxygen atoms in total. The van der Waals surface area contributed by atoms with Gasteiger partial charge in [-0.25, -0.2) is 0 Å². The number of allylic oxidation sites excluding steroid dienone is 8. The molecule has 13 rings (SSSR count). The molecule has 0 amide bonds. The average molecular weight is 864 g/mol. The van der Waals surface area contributed by atoms with Crippen molar-refractivity contribution in [2.24, 2.45) is 0 Å². The van der Waals surface area contributed by atoms with E-state index >= 15 is 0 Å². The predicted molar refractivity (Wildman–Crippen MR) is 281 cm³/mol. The first-order valence-electron chi connectivity index (χ1n) is 23.7. The summed E-state index contributed by atoms with van der Waals surface area (Å²) in [5.41, 5.74) is 18.6. The first-order chi connectivity index (χ1) is 33.0. The van der Waals surface area contributed by atoms with E-state index in [-0.39, 0.29) is 11.5 Å². The number of anilines is 5. The summed E-state index contributed by atoms with van der Waals surface area (Å²) in [6.45, 7) is 4.75. The van der Waals surface area contributed by atoms with Gasteiger partial charge in [0.1, 0.15) is 11.2 Å². The van der Waals surface area contributed by atoms with E-state index in [0.29, 0.717) is 0 Å². The predicted octanol–water partition coefficient (Wildman–Crippen LogP) is 17.6. The Morgan fingerprint density at radius 2 is 1.22 bits per heavy atom. The van der Waals surface area contributed by atoms with Crippen molar-refractivity contribution in [2.45, 2.75) is 44.6 Å². The van der Waals surface area contributed by atoms with Crippen molar-refractivity contribution in [3.8, 4) is 22.3 Å². The van der Waals surface area contributed by atoms with Crippen molar-refractivity contribution in [3.05, 3.63) is 235 Å². The molecular weight excluding hydrogens is 815 g/mol. The van der Waals surface area contributed by atoms with Gasteiger partial charge in [-0.15, -0.1) is 0 Å². The lowest BCUT2D eigenvalue weighted by Crippen LogP contribution is -2.20. The van der Waals surface area contributed by atoms with Crippen LogP contribution in [0, 0.1) is 0 Å². The average Bonchev–Trinajstić information content (AvgIpc) is 4.00. The van der Waals surface area contributed by atoms with Crippen LogP contribution in [0.25, 0.3) is 66.0 Å². The quantitative estimate of drug-likeness (QED) is 0.152. The van der Waals surface area contributed by atoms with E-state index in [4.69, 9.17) is 4.42 Å². The number of furan rings is 1. The van der Waals surface area contributed by atoms with Crippen LogP contribution < -0.4 is 9.80 Å². The van der Waals surface area contributed by atoms with Crippen molar-refractivity contribution < 1.29 is 4.42 Å². The zero-order valence-electron chi connectivity index (χ0n) is 37.7. The van der Waals surface area contributed by atoms with Gasteiger partial charge < -0.3 is 18.8 Å². The van der Waals surface area contributed by atoms with Crippen LogP contribution in [0.2, 0.25) is 0 Å². The second-order valence-corrected chi connectivity index (χ2v) is 18.8. The highest BCUT2D eigenvalue weighted by atomic mass is 16.3. The molecule has 4 heteroatoms. The van der Waals surface area contributed by atoms with E-state index < -0.39 is 0 Å². The lowest BCUT2D eigenvalue weighted by atomic mass is 9.82. The standard InChI is InChI=1S/C63H49N3O/c1-63(2)57-27-15-12-24-51(57)52-33-31-48(41-58(52)63)65(45-20-8-4-9-21-45)50-37-43(42-30-34-60-55(38-42)53-25-13-16-28-59(53)66(60)46-22-10-5-11-23-46)36-49(39-50)64(44-18-6-3-7-19-44)47-32-35-62-56(40-47)54-26-14-17-29-61(54)67-62/h3-8,10-20,22,24-41,46H,9,21,23H2,1-2H3. The van der Waals surface area contributed by atoms with Gasteiger partial charge in [-0.3, -0.25) is 0 Å². The van der Waals surface area contributed by atoms with E-state index in [1.807, 2.05) is 6.07 Å². The summed E-state index contributed by atoms with van der Waals surface area (Å²) in [4.78, 5) is 4.94. The first-order valence-corrected chi connectivity index (χ1v) is 23.7. The molecule has 0 saturated carbocycles. The number of fused-ring (bicyclic) bond motifs is 9. The second kappa shape index (κ2) is 15.5. The molecule has 3 aliphatic carbocycles. The Morgan fingerprint density at radius 1 is 0.493 bits per heavy atom. The highest BCUT2D eigenvalue weighted by Crippen LogP contribution is 2.51. The summed E-state index contributed by atoms with van der Waals surface area (Å²) >= 11 is 0. The van der Waals surface area contributed by atoms with Crippen molar-refractivity contribution in [3.63, 3.8) is 0 Å². The maximum absolute atomic E-state index is 6.37. The molecule has 67 heavy (non-hydrogen) atoms. The number of nitrogens with zero attached hydrogens (tertiary/aromatic N) is 3. The van der Waals surface area contributed by atoms with Gasteiger partial charge in [-0.2, -0.15) is 0 Å². The zero-order chi connectivity index (χ0) is 44.6. The lowest BCUT2D eigenvalue weighted by molar-refractivity contribution is 0.648. The number of para-hydroxylation sites is 3. The summed E-state index contributed by atoms with van der Waals surface area (Å²) in [5.74, 6) is 0. The lowest BCUT2D eigenvalue weighted by Gasteiger charge is -2.33. The Bertz CT molecular complexity index is 3730. The minimum absolute atomic E-state index is 0.139. The van der Waals surface area contributed by atoms with Crippen molar-refractivity contribution >= 4 is 72.2 Å². The summed E-state index contributed by atoms with van der Waals surface area (Å²) in [6, 6.07) is 65.3. The molecule has 1 unspecified atom stereocenters. The fourth-order valence-electron chi connectivity index (χ4n) is 11.3. The minimum atomic E-state index is -0.139. The third kappa shape index (κ3) is 6.42. The molecule has 0 saturated heterocycles. The normalized spacial score (nSPS) is 15.9. The van der Waals surface area contributed by atoms with Crippen LogP contribution in [0.5, 0.6) is 0 Å². The van der Waals surface area contributed by atoms with Gasteiger partial charge in [0.25, 0.3) is 0 Å². The van der Waals surface area contributed by atoms with Crippen LogP contribution in [-0.4, -0.2) is 4.57 Å². The molecule has 0 aliphatic heterocycles. The van der Waals surface area contributed by atoms with Crippen LogP contribution in [-0.2, 0) is 5.41 Å². The fourth-order valence-corrected chi connectivity index (χ4v) is 11.3. The summed E-state index contributed by atoms with van der Waals surface area (Å²) in [7, 11) is 0. The minimum Gasteiger partial charge on any atom is -0.456 e. The first kappa shape index (κ1) is 39.3. The SMILES string of the molecule is CC1(C)c2ccccc2-c2ccc(N(C3=CC=CCC3)c3cc(-c4ccc5c(c4)c4ccccc4n5C4C=CC=CC4)cc(N(c4ccccc4)c4ccc5oc6ccccc6c5c4)c3)cc21. The smallest absolute Gasteiger partial charge is 0.135 e. The number of benzene rings is 8. The molecular formula is C63H49N3O. The molecule has 0 bridgehead atoms. The molecule has 8 aromatic carbocycles. The van der Waals surface area contributed by atoms with E-state index in [0.717, 1.165) is 75.2 Å². The Balaban J connectivity index is 1.06. The molecule has 2 heterocycles. The zero-order valence-corrected chi connectivity index (χ0v) is 37.7. The largest absolute Gasteiger partial charge is 0.456 e. The molecule has 10 aromatic rings. The molecule has 1 atom stereocenters. The summed E-state index contributed by atoms with van der Waals surface area (Å²) in [6.07, 6.45) is 18.7. The number of aromatic nitrogens is 1. The Hall–Kier alpha value is -8.08. The number of hydrogen-bond acceptors (Lipinski definition) is 3. The molecule has 322 valence electrons. The maximum atomic E-state index is 6.37. The van der Waals surface area contributed by atoms with Crippen molar-refractivity contribution in [2.75, 3.05) is 9.80 Å².